The molecule has 0 aliphatic heterocycles. The van der Waals surface area contributed by atoms with Gasteiger partial charge in [0.25, 0.3) is 0 Å². The predicted molar refractivity (Wildman–Crippen MR) is 33.3 cm³/mol. The summed E-state index contributed by atoms with van der Waals surface area (Å²) in [5.41, 5.74) is 0. The van der Waals surface area contributed by atoms with Crippen molar-refractivity contribution in [3.05, 3.63) is 0 Å². The zero-order valence-electron chi connectivity index (χ0n) is 3.77. The summed E-state index contributed by atoms with van der Waals surface area (Å²) in [5.74, 6) is 0. The molecule has 0 saturated carbocycles. The van der Waals surface area contributed by atoms with Crippen LogP contribution in [-0.2, 0) is 11.8 Å². The van der Waals surface area contributed by atoms with Crippen LogP contribution in [0.1, 0.15) is 13.3 Å². The molecule has 0 saturated heterocycles. The maximum absolute atomic E-state index is 4.58. The van der Waals surface area contributed by atoms with Crippen molar-refractivity contribution in [1.82, 2.24) is 0 Å². The van der Waals surface area contributed by atoms with E-state index in [1.165, 1.54) is 0 Å². The third kappa shape index (κ3) is 4.32. The molecule has 0 radical (unpaired) electrons. The Labute approximate surface area is 44.3 Å². The van der Waals surface area contributed by atoms with E-state index in [2.05, 4.69) is 23.5 Å². The average molecular weight is 121 g/mol. The van der Waals surface area contributed by atoms with Crippen LogP contribution in [0.5, 0.6) is 0 Å². The Morgan fingerprint density at radius 1 is 1.83 bits per heavy atom. The fourth-order valence-electron chi connectivity index (χ4n) is 0.157. The lowest BCUT2D eigenvalue weighted by Crippen LogP contribution is -1.64. The summed E-state index contributed by atoms with van der Waals surface area (Å²) >= 11 is 4.58. The number of hydrogen-bond donors (Lipinski definition) is 0. The van der Waals surface area contributed by atoms with Gasteiger partial charge in [0.05, 0.1) is 0 Å². The van der Waals surface area contributed by atoms with E-state index in [9.17, 15) is 0 Å². The molecule has 6 heavy (non-hydrogen) atoms. The van der Waals surface area contributed by atoms with Gasteiger partial charge in [0.1, 0.15) is 0 Å². The van der Waals surface area contributed by atoms with Gasteiger partial charge in [-0.15, -0.1) is 0 Å². The second kappa shape index (κ2) is 5.32. The zero-order valence-corrected chi connectivity index (χ0v) is 5.59. The third-order valence-electron chi connectivity index (χ3n) is 0.400. The molecule has 1 atom stereocenters. The van der Waals surface area contributed by atoms with E-state index < -0.39 is 0 Å². The fraction of sp³-hybridized carbons (Fsp3) is 1.00. The van der Waals surface area contributed by atoms with Gasteiger partial charge in [-0.1, -0.05) is 6.92 Å². The first kappa shape index (κ1) is 6.32. The van der Waals surface area contributed by atoms with Gasteiger partial charge in [-0.05, 0) is 18.2 Å². The molecule has 0 heterocycles. The highest BCUT2D eigenvalue weighted by atomic mass is 32.4. The number of nitrogens with zero attached hydrogens (tertiary/aromatic N) is 1. The van der Waals surface area contributed by atoms with E-state index in [4.69, 9.17) is 0 Å². The van der Waals surface area contributed by atoms with Crippen LogP contribution in [-0.4, -0.2) is 6.54 Å². The molecule has 0 aromatic rings. The predicted octanol–water partition coefficient (Wildman–Crippen LogP) is 1.72. The lowest BCUT2D eigenvalue weighted by Gasteiger charge is -1.74. The van der Waals surface area contributed by atoms with Crippen LogP contribution in [0.15, 0.2) is 4.74 Å². The molecule has 0 aliphatic rings. The van der Waals surface area contributed by atoms with Crippen molar-refractivity contribution in [3.8, 4) is 0 Å². The quantitative estimate of drug-likeness (QED) is 0.507. The van der Waals surface area contributed by atoms with E-state index in [0.29, 0.717) is 7.15 Å². The maximum Gasteiger partial charge on any atom is 0.0432 e. The number of hydrogen-bond acceptors (Lipinski definition) is 2. The summed E-state index contributed by atoms with van der Waals surface area (Å²) in [6.07, 6.45) is 1.13. The summed E-state index contributed by atoms with van der Waals surface area (Å²) in [6, 6.07) is 0. The van der Waals surface area contributed by atoms with E-state index in [1.54, 1.807) is 0 Å². The monoisotopic (exact) mass is 121 g/mol. The molecule has 0 aliphatic carbocycles. The maximum atomic E-state index is 4.58. The van der Waals surface area contributed by atoms with E-state index in [-0.39, 0.29) is 0 Å². The number of rotatable bonds is 2. The Hall–Kier alpha value is 0.320. The molecular formula is C3H8NPS. The van der Waals surface area contributed by atoms with Gasteiger partial charge in [-0.3, -0.25) is 4.74 Å². The molecule has 0 fully saturated rings. The molecule has 0 N–H and O–H groups in total. The Morgan fingerprint density at radius 3 is 2.67 bits per heavy atom. The van der Waals surface area contributed by atoms with Gasteiger partial charge < -0.3 is 0 Å². The summed E-state index contributed by atoms with van der Waals surface area (Å²) in [7, 11) is 0.373. The van der Waals surface area contributed by atoms with Crippen molar-refractivity contribution < 1.29 is 0 Å². The smallest absolute Gasteiger partial charge is 0.0432 e. The normalized spacial score (nSPS) is 8.83. The highest BCUT2D eigenvalue weighted by Crippen LogP contribution is 1.82. The molecule has 0 aromatic carbocycles. The van der Waals surface area contributed by atoms with E-state index in [0.717, 1.165) is 13.0 Å². The van der Waals surface area contributed by atoms with Crippen molar-refractivity contribution >= 4 is 19.0 Å². The Morgan fingerprint density at radius 2 is 2.50 bits per heavy atom. The minimum Gasteiger partial charge on any atom is -0.266 e. The molecule has 1 nitrogen and oxygen atoms in total. The van der Waals surface area contributed by atoms with Crippen LogP contribution in [0.3, 0.4) is 0 Å². The van der Waals surface area contributed by atoms with Gasteiger partial charge >= 0.3 is 0 Å². The van der Waals surface area contributed by atoms with Crippen molar-refractivity contribution in [2.45, 2.75) is 13.3 Å². The lowest BCUT2D eigenvalue weighted by atomic mass is 10.5. The van der Waals surface area contributed by atoms with Crippen molar-refractivity contribution in [3.63, 3.8) is 0 Å². The average Bonchev–Trinajstić information content (AvgIpc) is 1.61. The second-order valence-electron chi connectivity index (χ2n) is 0.973. The summed E-state index contributed by atoms with van der Waals surface area (Å²) < 4.78 is 3.93. The van der Waals surface area contributed by atoms with Gasteiger partial charge in [0.2, 0.25) is 0 Å². The molecule has 0 spiro atoms. The lowest BCUT2D eigenvalue weighted by molar-refractivity contribution is 0.946. The van der Waals surface area contributed by atoms with Gasteiger partial charge in [0.15, 0.2) is 0 Å². The molecule has 36 valence electrons. The van der Waals surface area contributed by atoms with Crippen molar-refractivity contribution in [2.24, 2.45) is 4.74 Å². The molecule has 0 aromatic heterocycles. The first-order valence-electron chi connectivity index (χ1n) is 1.95. The van der Waals surface area contributed by atoms with Crippen LogP contribution in [0.4, 0.5) is 0 Å². The van der Waals surface area contributed by atoms with Crippen LogP contribution in [0, 0.1) is 0 Å². The van der Waals surface area contributed by atoms with Gasteiger partial charge in [0, 0.05) is 13.7 Å². The summed E-state index contributed by atoms with van der Waals surface area (Å²) in [4.78, 5) is 0. The fourth-order valence-corrected chi connectivity index (χ4v) is 0.746. The molecule has 3 heteroatoms. The molecule has 1 unspecified atom stereocenters. The van der Waals surface area contributed by atoms with E-state index >= 15 is 0 Å². The first-order chi connectivity index (χ1) is 2.91. The second-order valence-corrected chi connectivity index (χ2v) is 2.02. The highest BCUT2D eigenvalue weighted by Gasteiger charge is 1.63. The Balaban J connectivity index is 2.86. The molecule has 0 bridgehead atoms. The molecule has 0 amide bonds. The van der Waals surface area contributed by atoms with E-state index in [1.807, 2.05) is 0 Å². The van der Waals surface area contributed by atoms with Crippen LogP contribution >= 0.6 is 7.15 Å². The zero-order chi connectivity index (χ0) is 4.83. The SMILES string of the molecule is CCCN=[PH]=S. The van der Waals surface area contributed by atoms with Gasteiger partial charge in [-0.2, -0.15) is 0 Å². The van der Waals surface area contributed by atoms with Crippen LogP contribution in [0.2, 0.25) is 0 Å². The standard InChI is InChI=1S/C3H8NPS/c1-2-3-4-5-6/h5H,2-3H2,1H3. The van der Waals surface area contributed by atoms with Crippen LogP contribution < -0.4 is 0 Å². The first-order valence-corrected chi connectivity index (χ1v) is 4.03. The highest BCUT2D eigenvalue weighted by molar-refractivity contribution is 7.92. The Kier molecular flexibility index (Phi) is 5.60. The minimum atomic E-state index is 0.373. The van der Waals surface area contributed by atoms with Crippen molar-refractivity contribution in [2.75, 3.05) is 6.54 Å². The molecular weight excluding hydrogens is 113 g/mol. The molecule has 0 rings (SSSR count). The largest absolute Gasteiger partial charge is 0.266 e. The summed E-state index contributed by atoms with van der Waals surface area (Å²) in [5, 5.41) is 0. The topological polar surface area (TPSA) is 12.4 Å². The Bertz CT molecular complexity index is 67.2. The summed E-state index contributed by atoms with van der Waals surface area (Å²) in [6.45, 7) is 3.04. The third-order valence-corrected chi connectivity index (χ3v) is 1.14. The van der Waals surface area contributed by atoms with Crippen molar-refractivity contribution in [1.29, 1.82) is 0 Å². The minimum absolute atomic E-state index is 0.373. The van der Waals surface area contributed by atoms with Gasteiger partial charge in [-0.25, -0.2) is 0 Å². The van der Waals surface area contributed by atoms with Crippen LogP contribution in [0.25, 0.3) is 0 Å².